The minimum absolute atomic E-state index is 0.125. The molecule has 0 spiro atoms. The van der Waals surface area contributed by atoms with Gasteiger partial charge < -0.3 is 5.32 Å². The molecule has 0 radical (unpaired) electrons. The van der Waals surface area contributed by atoms with Gasteiger partial charge >= 0.3 is 0 Å². The van der Waals surface area contributed by atoms with Gasteiger partial charge in [0.25, 0.3) is 0 Å². The quantitative estimate of drug-likeness (QED) is 0.851. The molecule has 1 aromatic rings. The largest absolute Gasteiger partial charge is 0.323 e. The van der Waals surface area contributed by atoms with Gasteiger partial charge in [0, 0.05) is 19.7 Å². The second-order valence-electron chi connectivity index (χ2n) is 4.66. The molecule has 1 aliphatic rings. The Balaban J connectivity index is 1.79. The molecule has 2 rings (SSSR count). The van der Waals surface area contributed by atoms with Gasteiger partial charge in [-0.1, -0.05) is 19.3 Å². The smallest absolute Gasteiger partial charge is 0.224 e. The normalized spacial score (nSPS) is 17.3. The van der Waals surface area contributed by atoms with Crippen LogP contribution >= 0.6 is 0 Å². The van der Waals surface area contributed by atoms with Crippen LogP contribution in [0.4, 0.5) is 5.69 Å². The fourth-order valence-electron chi connectivity index (χ4n) is 2.35. The van der Waals surface area contributed by atoms with Gasteiger partial charge in [0.2, 0.25) is 5.91 Å². The third kappa shape index (κ3) is 3.08. The average Bonchev–Trinajstić information content (AvgIpc) is 2.65. The molecule has 1 aliphatic carbocycles. The van der Waals surface area contributed by atoms with Crippen LogP contribution in [0.1, 0.15) is 38.5 Å². The van der Waals surface area contributed by atoms with Gasteiger partial charge in [-0.15, -0.1) is 0 Å². The zero-order chi connectivity index (χ0) is 11.4. The van der Waals surface area contributed by atoms with Crippen LogP contribution in [0.5, 0.6) is 0 Å². The van der Waals surface area contributed by atoms with Crippen LogP contribution in [0.25, 0.3) is 0 Å². The van der Waals surface area contributed by atoms with Crippen LogP contribution in [0.15, 0.2) is 12.4 Å². The molecule has 0 unspecified atom stereocenters. The number of amides is 1. The third-order valence-corrected chi connectivity index (χ3v) is 3.19. The van der Waals surface area contributed by atoms with E-state index in [0.717, 1.165) is 5.69 Å². The number of carbonyl (C=O) groups is 1. The van der Waals surface area contributed by atoms with Crippen LogP contribution in [0.3, 0.4) is 0 Å². The van der Waals surface area contributed by atoms with E-state index < -0.39 is 0 Å². The zero-order valence-electron chi connectivity index (χ0n) is 9.78. The molecule has 88 valence electrons. The number of aromatic nitrogens is 2. The van der Waals surface area contributed by atoms with Crippen LogP contribution in [-0.2, 0) is 11.8 Å². The first-order valence-corrected chi connectivity index (χ1v) is 6.02. The van der Waals surface area contributed by atoms with Crippen molar-refractivity contribution in [3.05, 3.63) is 12.4 Å². The second-order valence-corrected chi connectivity index (χ2v) is 4.66. The maximum atomic E-state index is 11.7. The van der Waals surface area contributed by atoms with E-state index in [1.165, 1.54) is 32.1 Å². The highest BCUT2D eigenvalue weighted by molar-refractivity contribution is 5.90. The van der Waals surface area contributed by atoms with Crippen molar-refractivity contribution in [2.75, 3.05) is 5.32 Å². The molecule has 4 nitrogen and oxygen atoms in total. The molecular weight excluding hydrogens is 202 g/mol. The summed E-state index contributed by atoms with van der Waals surface area (Å²) in [5.41, 5.74) is 0.795. The van der Waals surface area contributed by atoms with Crippen molar-refractivity contribution in [2.24, 2.45) is 13.0 Å². The Morgan fingerprint density at radius 3 is 2.88 bits per heavy atom. The predicted molar refractivity (Wildman–Crippen MR) is 63.0 cm³/mol. The van der Waals surface area contributed by atoms with E-state index in [1.807, 2.05) is 13.2 Å². The first-order chi connectivity index (χ1) is 7.74. The van der Waals surface area contributed by atoms with Crippen LogP contribution in [-0.4, -0.2) is 15.7 Å². The Morgan fingerprint density at radius 2 is 2.25 bits per heavy atom. The SMILES string of the molecule is Cn1cc(NC(=O)CC2CCCCC2)cn1. The standard InChI is InChI=1S/C12H19N3O/c1-15-9-11(8-13-15)14-12(16)7-10-5-3-2-4-6-10/h8-10H,2-7H2,1H3,(H,14,16). The molecule has 16 heavy (non-hydrogen) atoms. The second kappa shape index (κ2) is 5.14. The van der Waals surface area contributed by atoms with Crippen molar-refractivity contribution in [2.45, 2.75) is 38.5 Å². The van der Waals surface area contributed by atoms with Gasteiger partial charge in [-0.25, -0.2) is 0 Å². The monoisotopic (exact) mass is 221 g/mol. The highest BCUT2D eigenvalue weighted by Crippen LogP contribution is 2.26. The molecule has 0 atom stereocenters. The molecule has 0 bridgehead atoms. The lowest BCUT2D eigenvalue weighted by molar-refractivity contribution is -0.117. The van der Waals surface area contributed by atoms with Gasteiger partial charge in [-0.05, 0) is 18.8 Å². The highest BCUT2D eigenvalue weighted by Gasteiger charge is 2.17. The minimum atomic E-state index is 0.125. The highest BCUT2D eigenvalue weighted by atomic mass is 16.1. The number of rotatable bonds is 3. The summed E-state index contributed by atoms with van der Waals surface area (Å²) in [6.07, 6.45) is 10.5. The maximum absolute atomic E-state index is 11.7. The number of hydrogen-bond acceptors (Lipinski definition) is 2. The molecule has 1 fully saturated rings. The van der Waals surface area contributed by atoms with Crippen molar-refractivity contribution in [3.63, 3.8) is 0 Å². The van der Waals surface area contributed by atoms with Crippen LogP contribution in [0.2, 0.25) is 0 Å². The number of carbonyl (C=O) groups excluding carboxylic acids is 1. The van der Waals surface area contributed by atoms with Crippen molar-refractivity contribution >= 4 is 11.6 Å². The third-order valence-electron chi connectivity index (χ3n) is 3.19. The predicted octanol–water partition coefficient (Wildman–Crippen LogP) is 2.33. The lowest BCUT2D eigenvalue weighted by Crippen LogP contribution is -2.18. The van der Waals surface area contributed by atoms with Gasteiger partial charge in [-0.2, -0.15) is 5.10 Å². The van der Waals surface area contributed by atoms with E-state index in [2.05, 4.69) is 10.4 Å². The van der Waals surface area contributed by atoms with E-state index in [1.54, 1.807) is 10.9 Å². The number of nitrogens with one attached hydrogen (secondary N) is 1. The van der Waals surface area contributed by atoms with E-state index >= 15 is 0 Å². The van der Waals surface area contributed by atoms with Gasteiger partial charge in [0.15, 0.2) is 0 Å². The molecule has 1 heterocycles. The van der Waals surface area contributed by atoms with E-state index in [-0.39, 0.29) is 5.91 Å². The molecule has 0 saturated heterocycles. The van der Waals surface area contributed by atoms with E-state index in [0.29, 0.717) is 12.3 Å². The Morgan fingerprint density at radius 1 is 1.50 bits per heavy atom. The van der Waals surface area contributed by atoms with E-state index in [4.69, 9.17) is 0 Å². The van der Waals surface area contributed by atoms with Crippen LogP contribution in [0, 0.1) is 5.92 Å². The summed E-state index contributed by atoms with van der Waals surface area (Å²) in [6.45, 7) is 0. The summed E-state index contributed by atoms with van der Waals surface area (Å²) >= 11 is 0. The Labute approximate surface area is 96.0 Å². The molecule has 1 aromatic heterocycles. The van der Waals surface area contributed by atoms with Gasteiger partial charge in [0.1, 0.15) is 0 Å². The lowest BCUT2D eigenvalue weighted by Gasteiger charge is -2.20. The van der Waals surface area contributed by atoms with E-state index in [9.17, 15) is 4.79 Å². The summed E-state index contributed by atoms with van der Waals surface area (Å²) in [6, 6.07) is 0. The number of hydrogen-bond donors (Lipinski definition) is 1. The van der Waals surface area contributed by atoms with Gasteiger partial charge in [-0.3, -0.25) is 9.48 Å². The number of anilines is 1. The summed E-state index contributed by atoms with van der Waals surface area (Å²) in [4.78, 5) is 11.7. The van der Waals surface area contributed by atoms with Gasteiger partial charge in [0.05, 0.1) is 11.9 Å². The summed E-state index contributed by atoms with van der Waals surface area (Å²) in [7, 11) is 1.84. The first-order valence-electron chi connectivity index (χ1n) is 6.02. The van der Waals surface area contributed by atoms with Crippen molar-refractivity contribution in [1.82, 2.24) is 9.78 Å². The summed E-state index contributed by atoms with van der Waals surface area (Å²) in [5.74, 6) is 0.713. The average molecular weight is 221 g/mol. The fourth-order valence-corrected chi connectivity index (χ4v) is 2.35. The summed E-state index contributed by atoms with van der Waals surface area (Å²) in [5, 5.41) is 6.91. The molecule has 1 amide bonds. The molecule has 1 saturated carbocycles. The molecule has 1 N–H and O–H groups in total. The number of nitrogens with zero attached hydrogens (tertiary/aromatic N) is 2. The Kier molecular flexibility index (Phi) is 3.59. The van der Waals surface area contributed by atoms with Crippen molar-refractivity contribution < 1.29 is 4.79 Å². The first kappa shape index (κ1) is 11.2. The van der Waals surface area contributed by atoms with Crippen molar-refractivity contribution in [3.8, 4) is 0 Å². The molecule has 4 heteroatoms. The summed E-state index contributed by atoms with van der Waals surface area (Å²) < 4.78 is 1.69. The lowest BCUT2D eigenvalue weighted by atomic mass is 9.87. The number of aryl methyl sites for hydroxylation is 1. The van der Waals surface area contributed by atoms with Crippen molar-refractivity contribution in [1.29, 1.82) is 0 Å². The Hall–Kier alpha value is -1.32. The molecule has 0 aliphatic heterocycles. The molecular formula is C12H19N3O. The maximum Gasteiger partial charge on any atom is 0.224 e. The minimum Gasteiger partial charge on any atom is -0.323 e. The molecule has 0 aromatic carbocycles. The zero-order valence-corrected chi connectivity index (χ0v) is 9.78. The Bertz CT molecular complexity index is 353. The fraction of sp³-hybridized carbons (Fsp3) is 0.667. The van der Waals surface area contributed by atoms with Crippen LogP contribution < -0.4 is 5.32 Å². The topological polar surface area (TPSA) is 46.9 Å².